The van der Waals surface area contributed by atoms with E-state index in [1.54, 1.807) is 0 Å². The summed E-state index contributed by atoms with van der Waals surface area (Å²) in [7, 11) is 0. The SMILES string of the molecule is CC1CC(C)(C)Nc2c(Br)cccc21. The molecule has 0 saturated heterocycles. The summed E-state index contributed by atoms with van der Waals surface area (Å²) in [6.45, 7) is 6.81. The Balaban J connectivity index is 2.51. The van der Waals surface area contributed by atoms with Crippen molar-refractivity contribution in [1.29, 1.82) is 0 Å². The minimum Gasteiger partial charge on any atom is -0.379 e. The van der Waals surface area contributed by atoms with Crippen molar-refractivity contribution in [3.8, 4) is 0 Å². The van der Waals surface area contributed by atoms with Crippen LogP contribution in [0.2, 0.25) is 0 Å². The minimum atomic E-state index is 0.205. The van der Waals surface area contributed by atoms with Crippen molar-refractivity contribution in [1.82, 2.24) is 0 Å². The fourth-order valence-corrected chi connectivity index (χ4v) is 2.83. The number of hydrogen-bond donors (Lipinski definition) is 1. The Morgan fingerprint density at radius 3 is 2.86 bits per heavy atom. The maximum absolute atomic E-state index is 3.60. The summed E-state index contributed by atoms with van der Waals surface area (Å²) in [4.78, 5) is 0. The first kappa shape index (κ1) is 10.0. The summed E-state index contributed by atoms with van der Waals surface area (Å²) in [5.41, 5.74) is 2.91. The summed E-state index contributed by atoms with van der Waals surface area (Å²) in [5.74, 6) is 0.638. The van der Waals surface area contributed by atoms with Crippen molar-refractivity contribution in [2.24, 2.45) is 0 Å². The molecule has 0 amide bonds. The number of para-hydroxylation sites is 1. The quantitative estimate of drug-likeness (QED) is 0.733. The average Bonchev–Trinajstić information content (AvgIpc) is 2.05. The van der Waals surface area contributed by atoms with Gasteiger partial charge in [0.15, 0.2) is 0 Å². The van der Waals surface area contributed by atoms with E-state index >= 15 is 0 Å². The van der Waals surface area contributed by atoms with E-state index in [9.17, 15) is 0 Å². The highest BCUT2D eigenvalue weighted by Gasteiger charge is 2.29. The van der Waals surface area contributed by atoms with Crippen LogP contribution in [0.4, 0.5) is 5.69 Å². The molecule has 1 heterocycles. The second kappa shape index (κ2) is 3.27. The number of fused-ring (bicyclic) bond motifs is 1. The second-order valence-corrected chi connectivity index (χ2v) is 5.67. The zero-order chi connectivity index (χ0) is 10.3. The molecule has 1 aliphatic rings. The monoisotopic (exact) mass is 253 g/mol. The van der Waals surface area contributed by atoms with E-state index in [1.807, 2.05) is 0 Å². The molecule has 0 radical (unpaired) electrons. The Kier molecular flexibility index (Phi) is 2.34. The van der Waals surface area contributed by atoms with E-state index < -0.39 is 0 Å². The molecule has 0 fully saturated rings. The molecule has 0 saturated carbocycles. The normalized spacial score (nSPS) is 23.9. The zero-order valence-electron chi connectivity index (χ0n) is 8.89. The average molecular weight is 254 g/mol. The van der Waals surface area contributed by atoms with E-state index in [-0.39, 0.29) is 5.54 Å². The maximum Gasteiger partial charge on any atom is 0.0524 e. The first-order valence-corrected chi connectivity index (χ1v) is 5.85. The molecular formula is C12H16BrN. The van der Waals surface area contributed by atoms with Gasteiger partial charge < -0.3 is 5.32 Å². The van der Waals surface area contributed by atoms with E-state index in [0.717, 1.165) is 0 Å². The summed E-state index contributed by atoms with van der Waals surface area (Å²) in [5, 5.41) is 3.59. The van der Waals surface area contributed by atoms with Crippen LogP contribution < -0.4 is 5.32 Å². The molecule has 14 heavy (non-hydrogen) atoms. The molecule has 1 aromatic carbocycles. The molecule has 2 heteroatoms. The Labute approximate surface area is 94.0 Å². The van der Waals surface area contributed by atoms with Crippen molar-refractivity contribution < 1.29 is 0 Å². The topological polar surface area (TPSA) is 12.0 Å². The molecule has 1 unspecified atom stereocenters. The summed E-state index contributed by atoms with van der Waals surface area (Å²) < 4.78 is 1.18. The Bertz CT molecular complexity index is 357. The van der Waals surface area contributed by atoms with E-state index in [0.29, 0.717) is 5.92 Å². The number of anilines is 1. The van der Waals surface area contributed by atoms with Crippen LogP contribution in [0.1, 0.15) is 38.7 Å². The molecule has 0 bridgehead atoms. The fraction of sp³-hybridized carbons (Fsp3) is 0.500. The molecular weight excluding hydrogens is 238 g/mol. The Hall–Kier alpha value is -0.500. The standard InChI is InChI=1S/C12H16BrN/c1-8-7-12(2,3)14-11-9(8)5-4-6-10(11)13/h4-6,8,14H,7H2,1-3H3. The first-order valence-electron chi connectivity index (χ1n) is 5.06. The molecule has 1 N–H and O–H groups in total. The lowest BCUT2D eigenvalue weighted by Gasteiger charge is -2.38. The molecule has 0 spiro atoms. The van der Waals surface area contributed by atoms with Crippen molar-refractivity contribution in [2.45, 2.75) is 38.6 Å². The number of hydrogen-bond acceptors (Lipinski definition) is 1. The highest BCUT2D eigenvalue weighted by molar-refractivity contribution is 9.10. The third-order valence-electron chi connectivity index (χ3n) is 2.86. The van der Waals surface area contributed by atoms with Gasteiger partial charge in [-0.2, -0.15) is 0 Å². The van der Waals surface area contributed by atoms with Crippen LogP contribution >= 0.6 is 15.9 Å². The Morgan fingerprint density at radius 1 is 1.43 bits per heavy atom. The van der Waals surface area contributed by atoms with Crippen LogP contribution in [0, 0.1) is 0 Å². The molecule has 0 aromatic heterocycles. The molecule has 0 aliphatic carbocycles. The summed E-state index contributed by atoms with van der Waals surface area (Å²) in [6.07, 6.45) is 1.19. The lowest BCUT2D eigenvalue weighted by molar-refractivity contribution is 0.453. The number of nitrogens with one attached hydrogen (secondary N) is 1. The fourth-order valence-electron chi connectivity index (χ4n) is 2.35. The number of rotatable bonds is 0. The largest absolute Gasteiger partial charge is 0.379 e. The molecule has 1 atom stereocenters. The van der Waals surface area contributed by atoms with Crippen LogP contribution in [0.15, 0.2) is 22.7 Å². The first-order chi connectivity index (χ1) is 6.49. The highest BCUT2D eigenvalue weighted by Crippen LogP contribution is 2.41. The van der Waals surface area contributed by atoms with E-state index in [4.69, 9.17) is 0 Å². The summed E-state index contributed by atoms with van der Waals surface area (Å²) >= 11 is 3.60. The second-order valence-electron chi connectivity index (χ2n) is 4.82. The zero-order valence-corrected chi connectivity index (χ0v) is 10.5. The van der Waals surface area contributed by atoms with Gasteiger partial charge in [-0.25, -0.2) is 0 Å². The molecule has 76 valence electrons. The maximum atomic E-state index is 3.60. The van der Waals surface area contributed by atoms with Crippen molar-refractivity contribution in [2.75, 3.05) is 5.32 Å². The van der Waals surface area contributed by atoms with Crippen molar-refractivity contribution >= 4 is 21.6 Å². The number of benzene rings is 1. The minimum absolute atomic E-state index is 0.205. The third-order valence-corrected chi connectivity index (χ3v) is 3.52. The van der Waals surface area contributed by atoms with Crippen LogP contribution in [0.3, 0.4) is 0 Å². The van der Waals surface area contributed by atoms with Gasteiger partial charge in [-0.3, -0.25) is 0 Å². The molecule has 1 aliphatic heterocycles. The lowest BCUT2D eigenvalue weighted by atomic mass is 9.82. The van der Waals surface area contributed by atoms with Gasteiger partial charge >= 0.3 is 0 Å². The van der Waals surface area contributed by atoms with Crippen molar-refractivity contribution in [3.05, 3.63) is 28.2 Å². The van der Waals surface area contributed by atoms with Gasteiger partial charge in [-0.1, -0.05) is 19.1 Å². The molecule has 2 rings (SSSR count). The molecule has 1 nitrogen and oxygen atoms in total. The third kappa shape index (κ3) is 1.68. The van der Waals surface area contributed by atoms with Gasteiger partial charge in [0, 0.05) is 10.0 Å². The summed E-state index contributed by atoms with van der Waals surface area (Å²) in [6, 6.07) is 6.42. The Morgan fingerprint density at radius 2 is 2.14 bits per heavy atom. The van der Waals surface area contributed by atoms with Gasteiger partial charge in [-0.15, -0.1) is 0 Å². The van der Waals surface area contributed by atoms with E-state index in [2.05, 4.69) is 60.2 Å². The number of halogens is 1. The predicted octanol–water partition coefficient (Wildman–Crippen LogP) is 4.15. The van der Waals surface area contributed by atoms with Gasteiger partial charge in [0.2, 0.25) is 0 Å². The van der Waals surface area contributed by atoms with Crippen LogP contribution in [0.25, 0.3) is 0 Å². The van der Waals surface area contributed by atoms with Gasteiger partial charge in [0.1, 0.15) is 0 Å². The van der Waals surface area contributed by atoms with E-state index in [1.165, 1.54) is 22.1 Å². The highest BCUT2D eigenvalue weighted by atomic mass is 79.9. The smallest absolute Gasteiger partial charge is 0.0524 e. The van der Waals surface area contributed by atoms with Crippen molar-refractivity contribution in [3.63, 3.8) is 0 Å². The van der Waals surface area contributed by atoms with Crippen LogP contribution in [-0.4, -0.2) is 5.54 Å². The van der Waals surface area contributed by atoms with Gasteiger partial charge in [0.25, 0.3) is 0 Å². The molecule has 1 aromatic rings. The lowest BCUT2D eigenvalue weighted by Crippen LogP contribution is -2.36. The predicted molar refractivity (Wildman–Crippen MR) is 64.9 cm³/mol. The van der Waals surface area contributed by atoms with Gasteiger partial charge in [-0.05, 0) is 53.7 Å². The van der Waals surface area contributed by atoms with Crippen LogP contribution in [-0.2, 0) is 0 Å². The van der Waals surface area contributed by atoms with Gasteiger partial charge in [0.05, 0.1) is 5.69 Å². The van der Waals surface area contributed by atoms with Crippen LogP contribution in [0.5, 0.6) is 0 Å².